The Labute approximate surface area is 169 Å². The summed E-state index contributed by atoms with van der Waals surface area (Å²) in [7, 11) is -3.78. The number of nitrogens with one attached hydrogen (secondary N) is 2. The quantitative estimate of drug-likeness (QED) is 0.664. The summed E-state index contributed by atoms with van der Waals surface area (Å²) in [6, 6.07) is 7.93. The summed E-state index contributed by atoms with van der Waals surface area (Å²) in [4.78, 5) is 13.7. The first-order chi connectivity index (χ1) is 13.4. The Morgan fingerprint density at radius 3 is 2.71 bits per heavy atom. The third kappa shape index (κ3) is 5.27. The van der Waals surface area contributed by atoms with Crippen molar-refractivity contribution in [2.45, 2.75) is 44.0 Å². The number of carbonyl (C=O) groups excluding carboxylic acids is 1. The van der Waals surface area contributed by atoms with Crippen molar-refractivity contribution in [3.63, 3.8) is 0 Å². The van der Waals surface area contributed by atoms with Crippen molar-refractivity contribution in [2.75, 3.05) is 23.3 Å². The third-order valence-electron chi connectivity index (χ3n) is 4.63. The second-order valence-corrected chi connectivity index (χ2v) is 9.88. The molecule has 152 valence electrons. The first kappa shape index (κ1) is 20.7. The van der Waals surface area contributed by atoms with E-state index in [4.69, 9.17) is 0 Å². The van der Waals surface area contributed by atoms with Gasteiger partial charge < -0.3 is 10.2 Å². The normalized spacial score (nSPS) is 17.5. The first-order valence-corrected chi connectivity index (χ1v) is 11.6. The molecule has 1 unspecified atom stereocenters. The zero-order chi connectivity index (χ0) is 20.1. The lowest BCUT2D eigenvalue weighted by molar-refractivity contribution is -0.115. The smallest absolute Gasteiger partial charge is 0.270 e. The van der Waals surface area contributed by atoms with E-state index in [1.165, 1.54) is 18.5 Å². The second-order valence-electron chi connectivity index (χ2n) is 6.96. The van der Waals surface area contributed by atoms with Gasteiger partial charge in [-0.05, 0) is 36.5 Å². The van der Waals surface area contributed by atoms with Crippen LogP contribution in [0.2, 0.25) is 0 Å². The maximum Gasteiger partial charge on any atom is 0.270 e. The predicted molar refractivity (Wildman–Crippen MR) is 110 cm³/mol. The van der Waals surface area contributed by atoms with E-state index in [1.807, 2.05) is 24.3 Å². The van der Waals surface area contributed by atoms with Gasteiger partial charge in [0.25, 0.3) is 10.0 Å². The van der Waals surface area contributed by atoms with E-state index in [0.29, 0.717) is 5.92 Å². The van der Waals surface area contributed by atoms with Gasteiger partial charge >= 0.3 is 0 Å². The minimum absolute atomic E-state index is 0.162. The van der Waals surface area contributed by atoms with Crippen molar-refractivity contribution in [3.8, 4) is 0 Å². The number of sulfonamides is 1. The van der Waals surface area contributed by atoms with Crippen LogP contribution in [0, 0.1) is 5.92 Å². The fraction of sp³-hybridized carbons (Fsp3) is 0.500. The lowest BCUT2D eigenvalue weighted by Crippen LogP contribution is -2.34. The monoisotopic (exact) mass is 423 g/mol. The van der Waals surface area contributed by atoms with Crippen LogP contribution in [0.5, 0.6) is 0 Å². The van der Waals surface area contributed by atoms with Crippen molar-refractivity contribution < 1.29 is 13.2 Å². The maximum atomic E-state index is 12.4. The van der Waals surface area contributed by atoms with E-state index in [9.17, 15) is 13.2 Å². The number of carbonyl (C=O) groups is 1. The molecule has 0 aliphatic carbocycles. The largest absolute Gasteiger partial charge is 0.371 e. The fourth-order valence-electron chi connectivity index (χ4n) is 3.07. The summed E-state index contributed by atoms with van der Waals surface area (Å²) < 4.78 is 27.2. The van der Waals surface area contributed by atoms with E-state index in [1.54, 1.807) is 6.92 Å². The SMILES string of the molecule is CCC(=O)Nc1nnc(S(=O)(=O)NCc2ccc(N3CCCC(C)C3)cc2)s1. The van der Waals surface area contributed by atoms with Crippen molar-refractivity contribution >= 4 is 38.1 Å². The molecular formula is C18H25N5O3S2. The van der Waals surface area contributed by atoms with Crippen LogP contribution in [-0.2, 0) is 21.4 Å². The van der Waals surface area contributed by atoms with Crippen LogP contribution in [0.1, 0.15) is 38.7 Å². The summed E-state index contributed by atoms with van der Waals surface area (Å²) in [5, 5.41) is 10.1. The topological polar surface area (TPSA) is 104 Å². The molecule has 0 saturated carbocycles. The van der Waals surface area contributed by atoms with E-state index >= 15 is 0 Å². The molecule has 1 amide bonds. The highest BCUT2D eigenvalue weighted by Crippen LogP contribution is 2.24. The number of hydrogen-bond donors (Lipinski definition) is 2. The van der Waals surface area contributed by atoms with Gasteiger partial charge in [0.15, 0.2) is 0 Å². The average molecular weight is 424 g/mol. The van der Waals surface area contributed by atoms with Crippen LogP contribution >= 0.6 is 11.3 Å². The molecule has 1 aromatic heterocycles. The van der Waals surface area contributed by atoms with E-state index in [0.717, 1.165) is 30.0 Å². The third-order valence-corrected chi connectivity index (χ3v) is 7.24. The highest BCUT2D eigenvalue weighted by atomic mass is 32.2. The Kier molecular flexibility index (Phi) is 6.63. The molecular weight excluding hydrogens is 398 g/mol. The van der Waals surface area contributed by atoms with Crippen molar-refractivity contribution in [1.29, 1.82) is 0 Å². The lowest BCUT2D eigenvalue weighted by Gasteiger charge is -2.32. The van der Waals surface area contributed by atoms with Gasteiger partial charge in [-0.25, -0.2) is 13.1 Å². The van der Waals surface area contributed by atoms with Gasteiger partial charge in [-0.1, -0.05) is 37.3 Å². The van der Waals surface area contributed by atoms with Crippen molar-refractivity contribution in [2.24, 2.45) is 5.92 Å². The maximum absolute atomic E-state index is 12.4. The highest BCUT2D eigenvalue weighted by molar-refractivity contribution is 7.91. The van der Waals surface area contributed by atoms with Crippen LogP contribution in [0.3, 0.4) is 0 Å². The Morgan fingerprint density at radius 1 is 1.29 bits per heavy atom. The molecule has 1 fully saturated rings. The Morgan fingerprint density at radius 2 is 2.04 bits per heavy atom. The fourth-order valence-corrected chi connectivity index (χ4v) is 5.04. The van der Waals surface area contributed by atoms with Crippen molar-refractivity contribution in [1.82, 2.24) is 14.9 Å². The van der Waals surface area contributed by atoms with Gasteiger partial charge in [-0.2, -0.15) is 0 Å². The minimum atomic E-state index is -3.78. The second kappa shape index (κ2) is 8.97. The number of benzene rings is 1. The van der Waals surface area contributed by atoms with E-state index in [-0.39, 0.29) is 28.3 Å². The van der Waals surface area contributed by atoms with Crippen LogP contribution in [0.25, 0.3) is 0 Å². The van der Waals surface area contributed by atoms with Gasteiger partial charge in [0.1, 0.15) is 0 Å². The zero-order valence-corrected chi connectivity index (χ0v) is 17.6. The summed E-state index contributed by atoms with van der Waals surface area (Å²) >= 11 is 0.829. The Balaban J connectivity index is 1.59. The van der Waals surface area contributed by atoms with Gasteiger partial charge in [-0.3, -0.25) is 4.79 Å². The number of hydrogen-bond acceptors (Lipinski definition) is 7. The molecule has 1 aliphatic rings. The zero-order valence-electron chi connectivity index (χ0n) is 16.0. The standard InChI is InChI=1S/C18H25N5O3S2/c1-3-16(24)20-17-21-22-18(27-17)28(25,26)19-11-14-6-8-15(9-7-14)23-10-4-5-13(2)12-23/h6-9,13,19H,3-5,10-12H2,1-2H3,(H,20,21,24). The van der Waals surface area contributed by atoms with E-state index in [2.05, 4.69) is 32.1 Å². The summed E-state index contributed by atoms with van der Waals surface area (Å²) in [6.45, 7) is 6.24. The molecule has 1 saturated heterocycles. The Bertz CT molecular complexity index is 912. The number of rotatable bonds is 7. The molecule has 1 aliphatic heterocycles. The molecule has 0 bridgehead atoms. The summed E-state index contributed by atoms with van der Waals surface area (Å²) in [5.74, 6) is 0.454. The lowest BCUT2D eigenvalue weighted by atomic mass is 9.99. The molecule has 28 heavy (non-hydrogen) atoms. The molecule has 3 rings (SSSR count). The molecule has 0 spiro atoms. The van der Waals surface area contributed by atoms with Gasteiger partial charge in [0.05, 0.1) is 0 Å². The average Bonchev–Trinajstić information content (AvgIpc) is 3.16. The van der Waals surface area contributed by atoms with Crippen LogP contribution < -0.4 is 14.9 Å². The summed E-state index contributed by atoms with van der Waals surface area (Å²) in [5.41, 5.74) is 2.03. The molecule has 2 aromatic rings. The van der Waals surface area contributed by atoms with Gasteiger partial charge in [0, 0.05) is 31.7 Å². The number of aromatic nitrogens is 2. The molecule has 1 aromatic carbocycles. The number of nitrogens with zero attached hydrogens (tertiary/aromatic N) is 3. The van der Waals surface area contributed by atoms with Crippen LogP contribution in [0.15, 0.2) is 28.6 Å². The molecule has 2 N–H and O–H groups in total. The van der Waals surface area contributed by atoms with Crippen molar-refractivity contribution in [3.05, 3.63) is 29.8 Å². The van der Waals surface area contributed by atoms with Crippen LogP contribution in [-0.4, -0.2) is 37.6 Å². The molecule has 0 radical (unpaired) electrons. The molecule has 10 heteroatoms. The summed E-state index contributed by atoms with van der Waals surface area (Å²) in [6.07, 6.45) is 2.75. The molecule has 8 nitrogen and oxygen atoms in total. The van der Waals surface area contributed by atoms with Gasteiger partial charge in [0.2, 0.25) is 15.4 Å². The minimum Gasteiger partial charge on any atom is -0.371 e. The van der Waals surface area contributed by atoms with Gasteiger partial charge in [-0.15, -0.1) is 10.2 Å². The van der Waals surface area contributed by atoms with E-state index < -0.39 is 10.0 Å². The highest BCUT2D eigenvalue weighted by Gasteiger charge is 2.21. The van der Waals surface area contributed by atoms with Crippen LogP contribution in [0.4, 0.5) is 10.8 Å². The number of piperidine rings is 1. The first-order valence-electron chi connectivity index (χ1n) is 9.34. The number of anilines is 2. The molecule has 2 heterocycles. The molecule has 1 atom stereocenters. The number of amides is 1. The predicted octanol–water partition coefficient (Wildman–Crippen LogP) is 2.60. The Hall–Kier alpha value is -2.04.